The number of thiophene rings is 1. The Hall–Kier alpha value is -2.43. The molecule has 4 aromatic rings. The molecule has 1 unspecified atom stereocenters. The highest BCUT2D eigenvalue weighted by molar-refractivity contribution is 14.0. The van der Waals surface area contributed by atoms with Crippen molar-refractivity contribution < 1.29 is 5.11 Å². The molecular formula is C25H30IN5OS. The van der Waals surface area contributed by atoms with Crippen molar-refractivity contribution in [2.24, 2.45) is 4.99 Å². The van der Waals surface area contributed by atoms with E-state index in [1.165, 1.54) is 5.56 Å². The summed E-state index contributed by atoms with van der Waals surface area (Å²) < 4.78 is 2.16. The van der Waals surface area contributed by atoms with Crippen LogP contribution in [0.5, 0.6) is 0 Å². The predicted molar refractivity (Wildman–Crippen MR) is 147 cm³/mol. The summed E-state index contributed by atoms with van der Waals surface area (Å²) in [7, 11) is 0. The van der Waals surface area contributed by atoms with Crippen molar-refractivity contribution in [2.75, 3.05) is 13.1 Å². The Bertz CT molecular complexity index is 1170. The lowest BCUT2D eigenvalue weighted by molar-refractivity contribution is 0.0655. The van der Waals surface area contributed by atoms with E-state index < -0.39 is 5.60 Å². The van der Waals surface area contributed by atoms with Gasteiger partial charge in [-0.15, -0.1) is 35.3 Å². The highest BCUT2D eigenvalue weighted by Crippen LogP contribution is 2.24. The van der Waals surface area contributed by atoms with Gasteiger partial charge in [-0.2, -0.15) is 0 Å². The molecule has 0 radical (unpaired) electrons. The fourth-order valence-electron chi connectivity index (χ4n) is 3.52. The molecule has 0 amide bonds. The Morgan fingerprint density at radius 3 is 2.55 bits per heavy atom. The van der Waals surface area contributed by atoms with Crippen molar-refractivity contribution in [1.29, 1.82) is 0 Å². The van der Waals surface area contributed by atoms with Crippen molar-refractivity contribution >= 4 is 52.3 Å². The fraction of sp³-hybridized carbons (Fsp3) is 0.280. The topological polar surface area (TPSA) is 74.5 Å². The van der Waals surface area contributed by atoms with E-state index >= 15 is 0 Å². The van der Waals surface area contributed by atoms with Gasteiger partial charge in [-0.05, 0) is 48.6 Å². The number of hydrogen-bond acceptors (Lipinski definition) is 4. The van der Waals surface area contributed by atoms with Crippen molar-refractivity contribution in [3.05, 3.63) is 88.4 Å². The number of aromatic nitrogens is 2. The van der Waals surface area contributed by atoms with E-state index in [9.17, 15) is 5.11 Å². The average Bonchev–Trinajstić information content (AvgIpc) is 3.48. The van der Waals surface area contributed by atoms with Gasteiger partial charge in [-0.25, -0.2) is 9.98 Å². The Balaban J connectivity index is 0.00000306. The standard InChI is InChI=1S/C25H29N5OS.HI/c1-3-26-24(28-17-25(2,31)23-9-6-14-32-23)27-15-19-10-12-20(13-11-19)16-30-18-29-21-7-4-5-8-22(21)30;/h4-14,18,31H,3,15-17H2,1-2H3,(H2,26,27,28);1H. The van der Waals surface area contributed by atoms with Crippen molar-refractivity contribution in [2.45, 2.75) is 32.5 Å². The van der Waals surface area contributed by atoms with Crippen LogP contribution in [0, 0.1) is 0 Å². The van der Waals surface area contributed by atoms with Crippen LogP contribution in [0.4, 0.5) is 0 Å². The fourth-order valence-corrected chi connectivity index (χ4v) is 4.31. The minimum absolute atomic E-state index is 0. The third-order valence-electron chi connectivity index (χ3n) is 5.32. The number of aliphatic hydroxyl groups is 1. The van der Waals surface area contributed by atoms with E-state index in [2.05, 4.69) is 55.5 Å². The zero-order chi connectivity index (χ0) is 22.4. The minimum Gasteiger partial charge on any atom is -0.383 e. The number of aliphatic imine (C=N–C) groups is 1. The number of benzene rings is 2. The van der Waals surface area contributed by atoms with E-state index in [0.29, 0.717) is 19.0 Å². The maximum absolute atomic E-state index is 10.7. The molecule has 33 heavy (non-hydrogen) atoms. The van der Waals surface area contributed by atoms with Gasteiger partial charge >= 0.3 is 0 Å². The smallest absolute Gasteiger partial charge is 0.191 e. The molecule has 0 aliphatic heterocycles. The Labute approximate surface area is 215 Å². The summed E-state index contributed by atoms with van der Waals surface area (Å²) >= 11 is 1.55. The molecule has 3 N–H and O–H groups in total. The van der Waals surface area contributed by atoms with Gasteiger partial charge in [-0.1, -0.05) is 42.5 Å². The summed E-state index contributed by atoms with van der Waals surface area (Å²) in [5.74, 6) is 0.693. The molecule has 0 spiro atoms. The number of guanidine groups is 1. The van der Waals surface area contributed by atoms with E-state index in [0.717, 1.165) is 34.6 Å². The molecule has 174 valence electrons. The first-order valence-electron chi connectivity index (χ1n) is 10.8. The first kappa shape index (κ1) is 25.2. The average molecular weight is 576 g/mol. The highest BCUT2D eigenvalue weighted by Gasteiger charge is 2.24. The number of halogens is 1. The second kappa shape index (κ2) is 11.6. The van der Waals surface area contributed by atoms with Gasteiger partial charge in [0.25, 0.3) is 0 Å². The van der Waals surface area contributed by atoms with Gasteiger partial charge in [0.1, 0.15) is 5.60 Å². The maximum Gasteiger partial charge on any atom is 0.191 e. The second-order valence-electron chi connectivity index (χ2n) is 7.98. The molecule has 2 aromatic carbocycles. The van der Waals surface area contributed by atoms with Gasteiger partial charge in [0.05, 0.1) is 30.5 Å². The highest BCUT2D eigenvalue weighted by atomic mass is 127. The van der Waals surface area contributed by atoms with Crippen molar-refractivity contribution in [1.82, 2.24) is 20.2 Å². The quantitative estimate of drug-likeness (QED) is 0.162. The third kappa shape index (κ3) is 6.55. The van der Waals surface area contributed by atoms with Crippen LogP contribution in [0.15, 0.2) is 77.4 Å². The third-order valence-corrected chi connectivity index (χ3v) is 6.44. The summed E-state index contributed by atoms with van der Waals surface area (Å²) in [6, 6.07) is 20.6. The Kier molecular flexibility index (Phi) is 8.87. The van der Waals surface area contributed by atoms with Crippen LogP contribution in [0.2, 0.25) is 0 Å². The van der Waals surface area contributed by atoms with Crippen LogP contribution < -0.4 is 10.6 Å². The van der Waals surface area contributed by atoms with E-state index in [1.54, 1.807) is 11.3 Å². The first-order valence-corrected chi connectivity index (χ1v) is 11.7. The molecule has 0 saturated carbocycles. The van der Waals surface area contributed by atoms with Crippen molar-refractivity contribution in [3.8, 4) is 0 Å². The lowest BCUT2D eigenvalue weighted by Crippen LogP contribution is -2.44. The zero-order valence-corrected chi connectivity index (χ0v) is 22.0. The number of hydrogen-bond donors (Lipinski definition) is 3. The predicted octanol–water partition coefficient (Wildman–Crippen LogP) is 4.73. The van der Waals surface area contributed by atoms with Gasteiger partial charge in [0, 0.05) is 18.0 Å². The summed E-state index contributed by atoms with van der Waals surface area (Å²) in [4.78, 5) is 10.1. The maximum atomic E-state index is 10.7. The molecule has 0 aliphatic carbocycles. The number of nitrogens with zero attached hydrogens (tertiary/aromatic N) is 3. The monoisotopic (exact) mass is 575 g/mol. The summed E-state index contributed by atoms with van der Waals surface area (Å²) in [5.41, 5.74) is 3.56. The van der Waals surface area contributed by atoms with Crippen LogP contribution in [0.25, 0.3) is 11.0 Å². The molecule has 0 saturated heterocycles. The van der Waals surface area contributed by atoms with Crippen LogP contribution >= 0.6 is 35.3 Å². The molecule has 2 heterocycles. The number of para-hydroxylation sites is 2. The van der Waals surface area contributed by atoms with Gasteiger partial charge in [0.15, 0.2) is 5.96 Å². The largest absolute Gasteiger partial charge is 0.383 e. The molecule has 1 atom stereocenters. The summed E-state index contributed by atoms with van der Waals surface area (Å²) in [6.07, 6.45) is 1.89. The molecule has 4 rings (SSSR count). The number of rotatable bonds is 8. The van der Waals surface area contributed by atoms with Gasteiger partial charge in [-0.3, -0.25) is 0 Å². The van der Waals surface area contributed by atoms with Crippen molar-refractivity contribution in [3.63, 3.8) is 0 Å². The SMILES string of the molecule is CCNC(=NCc1ccc(Cn2cnc3ccccc32)cc1)NCC(C)(O)c1cccs1.I. The number of fused-ring (bicyclic) bond motifs is 1. The van der Waals surface area contributed by atoms with Gasteiger partial charge in [0.2, 0.25) is 0 Å². The van der Waals surface area contributed by atoms with Crippen LogP contribution in [0.3, 0.4) is 0 Å². The minimum atomic E-state index is -0.941. The molecule has 8 heteroatoms. The van der Waals surface area contributed by atoms with Gasteiger partial charge < -0.3 is 20.3 Å². The number of imidazole rings is 1. The molecular weight excluding hydrogens is 545 g/mol. The molecule has 2 aromatic heterocycles. The second-order valence-corrected chi connectivity index (χ2v) is 8.93. The Morgan fingerprint density at radius 1 is 1.06 bits per heavy atom. The van der Waals surface area contributed by atoms with Crippen LogP contribution in [0.1, 0.15) is 29.9 Å². The summed E-state index contributed by atoms with van der Waals surface area (Å²) in [5, 5.41) is 19.2. The van der Waals surface area contributed by atoms with Crippen LogP contribution in [-0.4, -0.2) is 33.7 Å². The molecule has 6 nitrogen and oxygen atoms in total. The first-order chi connectivity index (χ1) is 15.5. The van der Waals surface area contributed by atoms with E-state index in [-0.39, 0.29) is 24.0 Å². The van der Waals surface area contributed by atoms with E-state index in [4.69, 9.17) is 0 Å². The zero-order valence-electron chi connectivity index (χ0n) is 18.9. The Morgan fingerprint density at radius 2 is 1.82 bits per heavy atom. The molecule has 0 aliphatic rings. The summed E-state index contributed by atoms with van der Waals surface area (Å²) in [6.45, 7) is 6.33. The van der Waals surface area contributed by atoms with Crippen LogP contribution in [-0.2, 0) is 18.7 Å². The van der Waals surface area contributed by atoms with E-state index in [1.807, 2.05) is 55.9 Å². The lowest BCUT2D eigenvalue weighted by atomic mass is 10.1. The number of nitrogens with one attached hydrogen (secondary N) is 2. The molecule has 0 fully saturated rings. The lowest BCUT2D eigenvalue weighted by Gasteiger charge is -2.23. The molecule has 0 bridgehead atoms. The normalized spacial score (nSPS) is 13.4.